The number of benzene rings is 1. The molecule has 0 radical (unpaired) electrons. The van der Waals surface area contributed by atoms with E-state index >= 15 is 0 Å². The number of nitrogens with one attached hydrogen (secondary N) is 2. The number of para-hydroxylation sites is 1. The van der Waals surface area contributed by atoms with Gasteiger partial charge in [0.15, 0.2) is 11.0 Å². The Morgan fingerprint density at radius 3 is 2.94 bits per heavy atom. The highest BCUT2D eigenvalue weighted by Crippen LogP contribution is 2.32. The van der Waals surface area contributed by atoms with Crippen molar-refractivity contribution in [1.29, 1.82) is 0 Å². The summed E-state index contributed by atoms with van der Waals surface area (Å²) in [6.45, 7) is 3.24. The van der Waals surface area contributed by atoms with Gasteiger partial charge in [-0.3, -0.25) is 14.7 Å². The third-order valence-corrected chi connectivity index (χ3v) is 6.49. The fourth-order valence-corrected chi connectivity index (χ4v) is 4.63. The lowest BCUT2D eigenvalue weighted by Crippen LogP contribution is -2.24. The first-order chi connectivity index (χ1) is 15.7. The number of rotatable bonds is 7. The van der Waals surface area contributed by atoms with Crippen LogP contribution >= 0.6 is 11.8 Å². The highest BCUT2D eigenvalue weighted by molar-refractivity contribution is 8.00. The third kappa shape index (κ3) is 4.23. The van der Waals surface area contributed by atoms with Gasteiger partial charge in [0.05, 0.1) is 17.9 Å². The second kappa shape index (κ2) is 9.09. The molecule has 164 valence electrons. The summed E-state index contributed by atoms with van der Waals surface area (Å²) in [6, 6.07) is 9.81. The fraction of sp³-hybridized carbons (Fsp3) is 0.318. The number of carbonyl (C=O) groups is 1. The van der Waals surface area contributed by atoms with Crippen LogP contribution in [-0.2, 0) is 16.1 Å². The molecule has 1 aliphatic heterocycles. The van der Waals surface area contributed by atoms with Gasteiger partial charge in [0, 0.05) is 41.7 Å². The molecule has 5 rings (SSSR count). The molecule has 0 unspecified atom stereocenters. The molecule has 0 saturated carbocycles. The number of fused-ring (bicyclic) bond motifs is 1. The summed E-state index contributed by atoms with van der Waals surface area (Å²) in [7, 11) is 0. The number of thioether (sulfide) groups is 1. The first-order valence-electron chi connectivity index (χ1n) is 10.5. The van der Waals surface area contributed by atoms with Crippen LogP contribution in [0, 0.1) is 0 Å². The van der Waals surface area contributed by atoms with Crippen LogP contribution in [0.4, 0.5) is 5.95 Å². The number of ether oxygens (including phenoxy) is 1. The van der Waals surface area contributed by atoms with Gasteiger partial charge in [-0.05, 0) is 31.9 Å². The average Bonchev–Trinajstić information content (AvgIpc) is 3.56. The van der Waals surface area contributed by atoms with Crippen molar-refractivity contribution in [2.75, 3.05) is 11.9 Å². The summed E-state index contributed by atoms with van der Waals surface area (Å²) in [5.74, 6) is 0.853. The van der Waals surface area contributed by atoms with Gasteiger partial charge in [-0.25, -0.2) is 9.97 Å². The van der Waals surface area contributed by atoms with E-state index in [-0.39, 0.29) is 18.0 Å². The van der Waals surface area contributed by atoms with Gasteiger partial charge in [-0.15, -0.1) is 10.2 Å². The molecule has 1 aliphatic rings. The van der Waals surface area contributed by atoms with Crippen molar-refractivity contribution < 1.29 is 9.53 Å². The van der Waals surface area contributed by atoms with Crippen molar-refractivity contribution in [3.63, 3.8) is 0 Å². The van der Waals surface area contributed by atoms with Gasteiger partial charge < -0.3 is 9.72 Å². The maximum atomic E-state index is 12.7. The second-order valence-electron chi connectivity index (χ2n) is 7.62. The molecular formula is C22H23N7O2S. The molecule has 9 nitrogen and oxygen atoms in total. The smallest absolute Gasteiger partial charge is 0.240 e. The average molecular weight is 450 g/mol. The first-order valence-corrected chi connectivity index (χ1v) is 11.4. The Bertz CT molecular complexity index is 1220. The SMILES string of the molecule is C[C@H](Sc1nnc(-c2c[nH]c3ccccc23)n1C[C@H]1CCCO1)C(=O)Nc1ncccn1. The zero-order valence-corrected chi connectivity index (χ0v) is 18.4. The number of aromatic amines is 1. The molecule has 4 heterocycles. The summed E-state index contributed by atoms with van der Waals surface area (Å²) in [4.78, 5) is 24.1. The van der Waals surface area contributed by atoms with Gasteiger partial charge in [0.25, 0.3) is 0 Å². The summed E-state index contributed by atoms with van der Waals surface area (Å²) in [5, 5.41) is 13.0. The summed E-state index contributed by atoms with van der Waals surface area (Å²) >= 11 is 1.36. The van der Waals surface area contributed by atoms with Crippen LogP contribution in [0.15, 0.2) is 54.1 Å². The second-order valence-corrected chi connectivity index (χ2v) is 8.93. The van der Waals surface area contributed by atoms with Crippen molar-refractivity contribution in [2.24, 2.45) is 0 Å². The Morgan fingerprint density at radius 2 is 2.12 bits per heavy atom. The zero-order chi connectivity index (χ0) is 21.9. The molecule has 1 amide bonds. The molecule has 1 fully saturated rings. The molecule has 1 aromatic carbocycles. The molecule has 0 aliphatic carbocycles. The van der Waals surface area contributed by atoms with E-state index in [1.54, 1.807) is 18.5 Å². The maximum Gasteiger partial charge on any atom is 0.240 e. The van der Waals surface area contributed by atoms with Crippen LogP contribution in [0.2, 0.25) is 0 Å². The van der Waals surface area contributed by atoms with Crippen LogP contribution in [-0.4, -0.2) is 53.6 Å². The predicted octanol–water partition coefficient (Wildman–Crippen LogP) is 3.51. The predicted molar refractivity (Wildman–Crippen MR) is 122 cm³/mol. The zero-order valence-electron chi connectivity index (χ0n) is 17.6. The Hall–Kier alpha value is -3.24. The molecular weight excluding hydrogens is 426 g/mol. The molecule has 32 heavy (non-hydrogen) atoms. The monoisotopic (exact) mass is 449 g/mol. The van der Waals surface area contributed by atoms with Gasteiger partial charge in [0.2, 0.25) is 11.9 Å². The van der Waals surface area contributed by atoms with Crippen LogP contribution in [0.3, 0.4) is 0 Å². The normalized spacial score (nSPS) is 17.0. The van der Waals surface area contributed by atoms with Crippen LogP contribution in [0.5, 0.6) is 0 Å². The number of anilines is 1. The van der Waals surface area contributed by atoms with Crippen molar-refractivity contribution in [1.82, 2.24) is 29.7 Å². The van der Waals surface area contributed by atoms with E-state index in [1.807, 2.05) is 31.3 Å². The van der Waals surface area contributed by atoms with Gasteiger partial charge >= 0.3 is 0 Å². The minimum atomic E-state index is -0.415. The van der Waals surface area contributed by atoms with Gasteiger partial charge in [0.1, 0.15) is 0 Å². The molecule has 10 heteroatoms. The topological polar surface area (TPSA) is 111 Å². The maximum absolute atomic E-state index is 12.7. The summed E-state index contributed by atoms with van der Waals surface area (Å²) in [6.07, 6.45) is 7.29. The number of hydrogen-bond donors (Lipinski definition) is 2. The molecule has 4 aromatic rings. The van der Waals surface area contributed by atoms with Crippen molar-refractivity contribution in [3.8, 4) is 11.4 Å². The Morgan fingerprint density at radius 1 is 1.28 bits per heavy atom. The number of amides is 1. The highest BCUT2D eigenvalue weighted by Gasteiger charge is 2.25. The lowest BCUT2D eigenvalue weighted by molar-refractivity contribution is -0.115. The molecule has 2 N–H and O–H groups in total. The number of carbonyl (C=O) groups excluding carboxylic acids is 1. The van der Waals surface area contributed by atoms with Gasteiger partial charge in [-0.2, -0.15) is 0 Å². The van der Waals surface area contributed by atoms with Crippen LogP contribution in [0.1, 0.15) is 19.8 Å². The minimum absolute atomic E-state index is 0.108. The van der Waals surface area contributed by atoms with Crippen molar-refractivity contribution in [2.45, 2.75) is 42.8 Å². The van der Waals surface area contributed by atoms with Gasteiger partial charge in [-0.1, -0.05) is 30.0 Å². The van der Waals surface area contributed by atoms with E-state index in [0.29, 0.717) is 11.7 Å². The highest BCUT2D eigenvalue weighted by atomic mass is 32.2. The van der Waals surface area contributed by atoms with E-state index in [9.17, 15) is 4.79 Å². The molecule has 1 saturated heterocycles. The van der Waals surface area contributed by atoms with E-state index in [1.165, 1.54) is 11.8 Å². The fourth-order valence-electron chi connectivity index (χ4n) is 3.78. The largest absolute Gasteiger partial charge is 0.376 e. The summed E-state index contributed by atoms with van der Waals surface area (Å²) < 4.78 is 7.95. The van der Waals surface area contributed by atoms with E-state index in [2.05, 4.69) is 41.1 Å². The van der Waals surface area contributed by atoms with E-state index in [4.69, 9.17) is 4.74 Å². The number of H-pyrrole nitrogens is 1. The van der Waals surface area contributed by atoms with Crippen molar-refractivity contribution in [3.05, 3.63) is 48.9 Å². The standard InChI is InChI=1S/C22H23N7O2S/c1-14(20(30)26-21-23-9-5-10-24-21)32-22-28-27-19(29(22)13-15-6-4-11-31-15)17-12-25-18-8-3-2-7-16(17)18/h2-3,5,7-10,12,14-15,25H,4,6,11,13H2,1H3,(H,23,24,26,30)/t14-,15+/m0/s1. The lowest BCUT2D eigenvalue weighted by Gasteiger charge is -2.16. The number of hydrogen-bond acceptors (Lipinski definition) is 7. The number of aromatic nitrogens is 6. The number of nitrogens with zero attached hydrogens (tertiary/aromatic N) is 5. The third-order valence-electron chi connectivity index (χ3n) is 5.41. The quantitative estimate of drug-likeness (QED) is 0.415. The van der Waals surface area contributed by atoms with Crippen molar-refractivity contribution >= 4 is 34.5 Å². The summed E-state index contributed by atoms with van der Waals surface area (Å²) in [5.41, 5.74) is 2.02. The van der Waals surface area contributed by atoms with Crippen LogP contribution in [0.25, 0.3) is 22.3 Å². The lowest BCUT2D eigenvalue weighted by atomic mass is 10.1. The Kier molecular flexibility index (Phi) is 5.87. The van der Waals surface area contributed by atoms with Crippen LogP contribution < -0.4 is 5.32 Å². The molecule has 2 atom stereocenters. The Labute approximate surface area is 189 Å². The molecule has 3 aromatic heterocycles. The van der Waals surface area contributed by atoms with E-state index < -0.39 is 5.25 Å². The first kappa shape index (κ1) is 20.7. The van der Waals surface area contributed by atoms with E-state index in [0.717, 1.165) is 41.7 Å². The minimum Gasteiger partial charge on any atom is -0.376 e. The Balaban J connectivity index is 1.43. The molecule has 0 bridgehead atoms. The molecule has 0 spiro atoms.